The van der Waals surface area contributed by atoms with E-state index in [9.17, 15) is 18.0 Å². The molecule has 2 unspecified atom stereocenters. The first kappa shape index (κ1) is 19.4. The number of hydrogen-bond acceptors (Lipinski definition) is 4. The molecular weight excluding hydrogens is 344 g/mol. The predicted octanol–water partition coefficient (Wildman–Crippen LogP) is 1.87. The van der Waals surface area contributed by atoms with Crippen LogP contribution in [0.25, 0.3) is 0 Å². The van der Waals surface area contributed by atoms with E-state index in [1.54, 1.807) is 31.2 Å². The van der Waals surface area contributed by atoms with E-state index in [2.05, 4.69) is 5.32 Å². The van der Waals surface area contributed by atoms with Gasteiger partial charge < -0.3 is 10.4 Å². The van der Waals surface area contributed by atoms with Gasteiger partial charge in [0.05, 0.1) is 11.7 Å². The number of benzene rings is 1. The highest BCUT2D eigenvalue weighted by atomic mass is 32.2. The molecule has 1 heterocycles. The minimum Gasteiger partial charge on any atom is -0.481 e. The highest BCUT2D eigenvalue weighted by Gasteiger charge is 2.39. The van der Waals surface area contributed by atoms with Gasteiger partial charge in [0.1, 0.15) is 6.04 Å². The van der Waals surface area contributed by atoms with Gasteiger partial charge in [-0.25, -0.2) is 8.42 Å². The van der Waals surface area contributed by atoms with Gasteiger partial charge in [-0.05, 0) is 37.0 Å². The van der Waals surface area contributed by atoms with Crippen molar-refractivity contribution >= 4 is 27.6 Å². The van der Waals surface area contributed by atoms with Gasteiger partial charge in [0.15, 0.2) is 0 Å². The number of aliphatic carboxylic acids is 1. The van der Waals surface area contributed by atoms with Gasteiger partial charge >= 0.3 is 5.97 Å². The van der Waals surface area contributed by atoms with E-state index >= 15 is 0 Å². The molecule has 2 atom stereocenters. The monoisotopic (exact) mass is 368 g/mol. The molecule has 8 heteroatoms. The summed E-state index contributed by atoms with van der Waals surface area (Å²) in [6.45, 7) is 5.57. The van der Waals surface area contributed by atoms with Gasteiger partial charge in [-0.2, -0.15) is 4.31 Å². The molecule has 1 saturated heterocycles. The lowest BCUT2D eigenvalue weighted by atomic mass is 10.0. The number of amides is 1. The van der Waals surface area contributed by atoms with Crippen molar-refractivity contribution in [1.29, 1.82) is 0 Å². The Kier molecular flexibility index (Phi) is 5.84. The van der Waals surface area contributed by atoms with Gasteiger partial charge in [-0.1, -0.05) is 26.0 Å². The van der Waals surface area contributed by atoms with Crippen molar-refractivity contribution in [3.05, 3.63) is 29.8 Å². The third-order valence-corrected chi connectivity index (χ3v) is 6.33. The molecule has 1 aliphatic rings. The normalized spacial score (nSPS) is 19.5. The number of sulfonamides is 1. The standard InChI is InChI=1S/C17H24N2O5S/c1-11(2)15(19-9-4-10-25(19,23)24)16(20)18-14-7-5-13(6-8-14)12(3)17(21)22/h5-8,11-12,15H,4,9-10H2,1-3H3,(H,18,20)(H,21,22). The molecule has 0 bridgehead atoms. The lowest BCUT2D eigenvalue weighted by Crippen LogP contribution is -2.48. The van der Waals surface area contributed by atoms with Crippen molar-refractivity contribution in [1.82, 2.24) is 4.31 Å². The van der Waals surface area contributed by atoms with Crippen molar-refractivity contribution in [2.45, 2.75) is 39.2 Å². The summed E-state index contributed by atoms with van der Waals surface area (Å²) in [6, 6.07) is 5.78. The van der Waals surface area contributed by atoms with Crippen molar-refractivity contribution in [2.24, 2.45) is 5.92 Å². The number of nitrogens with one attached hydrogen (secondary N) is 1. The lowest BCUT2D eigenvalue weighted by Gasteiger charge is -2.28. The zero-order chi connectivity index (χ0) is 18.8. The Morgan fingerprint density at radius 1 is 1.16 bits per heavy atom. The van der Waals surface area contributed by atoms with E-state index in [0.29, 0.717) is 24.2 Å². The number of anilines is 1. The third-order valence-electron chi connectivity index (χ3n) is 4.40. The minimum absolute atomic E-state index is 0.0747. The second kappa shape index (κ2) is 7.53. The Morgan fingerprint density at radius 3 is 2.20 bits per heavy atom. The molecule has 25 heavy (non-hydrogen) atoms. The maximum absolute atomic E-state index is 12.6. The van der Waals surface area contributed by atoms with Crippen LogP contribution in [0.1, 0.15) is 38.7 Å². The molecule has 138 valence electrons. The number of carbonyl (C=O) groups excluding carboxylic acids is 1. The first-order chi connectivity index (χ1) is 11.6. The van der Waals surface area contributed by atoms with E-state index in [1.165, 1.54) is 4.31 Å². The summed E-state index contributed by atoms with van der Waals surface area (Å²) in [5, 5.41) is 11.8. The molecule has 0 aromatic heterocycles. The van der Waals surface area contributed by atoms with Gasteiger partial charge in [-0.15, -0.1) is 0 Å². The molecule has 1 aliphatic heterocycles. The zero-order valence-corrected chi connectivity index (χ0v) is 15.4. The van der Waals surface area contributed by atoms with Gasteiger partial charge in [0.2, 0.25) is 15.9 Å². The van der Waals surface area contributed by atoms with Gasteiger partial charge in [0, 0.05) is 12.2 Å². The van der Waals surface area contributed by atoms with E-state index in [1.807, 2.05) is 13.8 Å². The molecule has 1 amide bonds. The number of rotatable bonds is 6. The second-order valence-corrected chi connectivity index (χ2v) is 8.68. The molecule has 0 aliphatic carbocycles. The van der Waals surface area contributed by atoms with Crippen LogP contribution >= 0.6 is 0 Å². The smallest absolute Gasteiger partial charge is 0.310 e. The van der Waals surface area contributed by atoms with E-state index < -0.39 is 28.0 Å². The first-order valence-corrected chi connectivity index (χ1v) is 9.87. The summed E-state index contributed by atoms with van der Waals surface area (Å²) in [7, 11) is -3.39. The zero-order valence-electron chi connectivity index (χ0n) is 14.6. The summed E-state index contributed by atoms with van der Waals surface area (Å²) in [6.07, 6.45) is 0.528. The molecular formula is C17H24N2O5S. The number of carboxylic acids is 1. The van der Waals surface area contributed by atoms with Crippen LogP contribution in [-0.2, 0) is 19.6 Å². The average Bonchev–Trinajstić information content (AvgIpc) is 2.86. The van der Waals surface area contributed by atoms with Gasteiger partial charge in [0.25, 0.3) is 0 Å². The molecule has 2 rings (SSSR count). The number of hydrogen-bond donors (Lipinski definition) is 2. The first-order valence-electron chi connectivity index (χ1n) is 8.26. The summed E-state index contributed by atoms with van der Waals surface area (Å²) in [5.41, 5.74) is 1.14. The van der Waals surface area contributed by atoms with Crippen LogP contribution in [0.15, 0.2) is 24.3 Å². The number of nitrogens with zero attached hydrogens (tertiary/aromatic N) is 1. The predicted molar refractivity (Wildman–Crippen MR) is 94.9 cm³/mol. The molecule has 0 saturated carbocycles. The van der Waals surface area contributed by atoms with Gasteiger partial charge in [-0.3, -0.25) is 9.59 Å². The van der Waals surface area contributed by atoms with Crippen LogP contribution in [0, 0.1) is 5.92 Å². The highest BCUT2D eigenvalue weighted by molar-refractivity contribution is 7.89. The SMILES string of the molecule is CC(C(=O)O)c1ccc(NC(=O)C(C(C)C)N2CCCS2(=O)=O)cc1. The highest BCUT2D eigenvalue weighted by Crippen LogP contribution is 2.24. The maximum Gasteiger partial charge on any atom is 0.310 e. The fourth-order valence-electron chi connectivity index (χ4n) is 2.95. The molecule has 1 aromatic carbocycles. The van der Waals surface area contributed by atoms with Crippen molar-refractivity contribution in [3.8, 4) is 0 Å². The third kappa shape index (κ3) is 4.38. The Balaban J connectivity index is 2.15. The number of carboxylic acid groups (broad SMARTS) is 1. The summed E-state index contributed by atoms with van der Waals surface area (Å²) >= 11 is 0. The van der Waals surface area contributed by atoms with Crippen molar-refractivity contribution < 1.29 is 23.1 Å². The van der Waals surface area contributed by atoms with Crippen LogP contribution in [0.2, 0.25) is 0 Å². The lowest BCUT2D eigenvalue weighted by molar-refractivity contribution is -0.138. The molecule has 7 nitrogen and oxygen atoms in total. The average molecular weight is 368 g/mol. The molecule has 1 fully saturated rings. The largest absolute Gasteiger partial charge is 0.481 e. The van der Waals surface area contributed by atoms with Crippen LogP contribution < -0.4 is 5.32 Å². The Hall–Kier alpha value is -1.93. The summed E-state index contributed by atoms with van der Waals surface area (Å²) in [5.74, 6) is -2.02. The quantitative estimate of drug-likeness (QED) is 0.798. The van der Waals surface area contributed by atoms with Crippen molar-refractivity contribution in [2.75, 3.05) is 17.6 Å². The fourth-order valence-corrected chi connectivity index (χ4v) is 4.77. The molecule has 2 N–H and O–H groups in total. The van der Waals surface area contributed by atoms with E-state index in [-0.39, 0.29) is 17.6 Å². The Labute approximate surface area is 148 Å². The Bertz CT molecular complexity index is 743. The summed E-state index contributed by atoms with van der Waals surface area (Å²) < 4.78 is 25.6. The van der Waals surface area contributed by atoms with Crippen LogP contribution in [0.3, 0.4) is 0 Å². The Morgan fingerprint density at radius 2 is 1.76 bits per heavy atom. The fraction of sp³-hybridized carbons (Fsp3) is 0.529. The maximum atomic E-state index is 12.6. The van der Waals surface area contributed by atoms with Crippen LogP contribution in [0.4, 0.5) is 5.69 Å². The van der Waals surface area contributed by atoms with E-state index in [0.717, 1.165) is 0 Å². The molecule has 1 aromatic rings. The molecule has 0 radical (unpaired) electrons. The molecule has 0 spiro atoms. The minimum atomic E-state index is -3.39. The van der Waals surface area contributed by atoms with Crippen molar-refractivity contribution in [3.63, 3.8) is 0 Å². The topological polar surface area (TPSA) is 104 Å². The van der Waals surface area contributed by atoms with E-state index in [4.69, 9.17) is 5.11 Å². The summed E-state index contributed by atoms with van der Waals surface area (Å²) in [4.78, 5) is 23.6. The number of carbonyl (C=O) groups is 2. The second-order valence-electron chi connectivity index (χ2n) is 6.64. The van der Waals surface area contributed by atoms with Crippen LogP contribution in [0.5, 0.6) is 0 Å². The van der Waals surface area contributed by atoms with Crippen LogP contribution in [-0.4, -0.2) is 48.0 Å².